The number of primary amides is 1. The van der Waals surface area contributed by atoms with Crippen LogP contribution in [-0.4, -0.2) is 53.1 Å². The third-order valence-corrected chi connectivity index (χ3v) is 7.59. The van der Waals surface area contributed by atoms with Gasteiger partial charge in [0.25, 0.3) is 5.91 Å². The summed E-state index contributed by atoms with van der Waals surface area (Å²) in [5.74, 6) is -0.0671. The number of rotatable bonds is 10. The highest BCUT2D eigenvalue weighted by Crippen LogP contribution is 2.28. The number of carbonyl (C=O) groups excluding carboxylic acids is 1. The van der Waals surface area contributed by atoms with E-state index in [1.54, 1.807) is 13.2 Å². The zero-order chi connectivity index (χ0) is 27.2. The Morgan fingerprint density at radius 2 is 1.84 bits per heavy atom. The van der Waals surface area contributed by atoms with Crippen molar-refractivity contribution in [3.8, 4) is 5.75 Å². The van der Waals surface area contributed by atoms with Gasteiger partial charge in [0.15, 0.2) is 0 Å². The van der Waals surface area contributed by atoms with Crippen molar-refractivity contribution >= 4 is 11.6 Å². The van der Waals surface area contributed by atoms with Crippen LogP contribution in [0, 0.1) is 19.8 Å². The van der Waals surface area contributed by atoms with Crippen LogP contribution in [0.4, 0.5) is 10.1 Å². The smallest absolute Gasteiger partial charge is 0.250 e. The first kappa shape index (κ1) is 27.5. The second-order valence-electron chi connectivity index (χ2n) is 10.2. The van der Waals surface area contributed by atoms with Gasteiger partial charge in [-0.15, -0.1) is 0 Å². The molecule has 0 unspecified atom stereocenters. The molecule has 0 bridgehead atoms. The molecule has 1 aromatic carbocycles. The summed E-state index contributed by atoms with van der Waals surface area (Å²) < 4.78 is 19.2. The van der Waals surface area contributed by atoms with Gasteiger partial charge in [-0.2, -0.15) is 4.39 Å². The molecular formula is C30H38FN5O2. The highest BCUT2D eigenvalue weighted by molar-refractivity contribution is 5.95. The van der Waals surface area contributed by atoms with Crippen LogP contribution in [0.25, 0.3) is 0 Å². The molecule has 3 heterocycles. The summed E-state index contributed by atoms with van der Waals surface area (Å²) in [5, 5.41) is 0. The maximum absolute atomic E-state index is 13.8. The molecule has 1 amide bonds. The van der Waals surface area contributed by atoms with Crippen LogP contribution in [0.3, 0.4) is 0 Å². The highest BCUT2D eigenvalue weighted by Gasteiger charge is 2.28. The SMILES string of the molecule is COc1ccc(N(Cc2cccc(F)n2)C2CCN([C@H](C)CCc3cc(C)c(C(N)=O)c(C)n3)CC2)cc1. The van der Waals surface area contributed by atoms with Gasteiger partial charge in [0, 0.05) is 36.6 Å². The van der Waals surface area contributed by atoms with Gasteiger partial charge in [0.1, 0.15) is 5.75 Å². The van der Waals surface area contributed by atoms with E-state index in [4.69, 9.17) is 10.5 Å². The minimum atomic E-state index is -0.454. The van der Waals surface area contributed by atoms with E-state index < -0.39 is 11.9 Å². The fourth-order valence-electron chi connectivity index (χ4n) is 5.51. The lowest BCUT2D eigenvalue weighted by Crippen LogP contribution is -2.47. The van der Waals surface area contributed by atoms with Crippen LogP contribution in [0.5, 0.6) is 5.75 Å². The monoisotopic (exact) mass is 519 g/mol. The van der Waals surface area contributed by atoms with E-state index in [0.29, 0.717) is 29.9 Å². The van der Waals surface area contributed by atoms with E-state index in [9.17, 15) is 9.18 Å². The van der Waals surface area contributed by atoms with E-state index >= 15 is 0 Å². The molecule has 4 rings (SSSR count). The number of ether oxygens (including phenoxy) is 1. The molecule has 2 aromatic heterocycles. The number of piperidine rings is 1. The molecule has 1 saturated heterocycles. The van der Waals surface area contributed by atoms with Crippen LogP contribution in [0.15, 0.2) is 48.5 Å². The number of aryl methyl sites for hydroxylation is 3. The Bertz CT molecular complexity index is 1220. The topological polar surface area (TPSA) is 84.6 Å². The lowest BCUT2D eigenvalue weighted by Gasteiger charge is -2.41. The largest absolute Gasteiger partial charge is 0.497 e. The number of methoxy groups -OCH3 is 1. The standard InChI is InChI=1S/C30H38FN5O2/c1-20-18-23(33-22(3)29(20)30(32)37)9-8-21(2)35-16-14-26(15-17-35)36(19-24-6-5-7-28(31)34-24)25-10-12-27(38-4)13-11-25/h5-7,10-13,18,21,26H,8-9,14-17,19H2,1-4H3,(H2,32,37)/t21-/m1/s1. The molecule has 0 spiro atoms. The van der Waals surface area contributed by atoms with Crippen molar-refractivity contribution in [2.24, 2.45) is 5.73 Å². The van der Waals surface area contributed by atoms with Crippen molar-refractivity contribution in [1.29, 1.82) is 0 Å². The Morgan fingerprint density at radius 3 is 2.45 bits per heavy atom. The van der Waals surface area contributed by atoms with Crippen molar-refractivity contribution < 1.29 is 13.9 Å². The van der Waals surface area contributed by atoms with Gasteiger partial charge in [0.05, 0.1) is 30.6 Å². The lowest BCUT2D eigenvalue weighted by atomic mass is 9.98. The summed E-state index contributed by atoms with van der Waals surface area (Å²) >= 11 is 0. The van der Waals surface area contributed by atoms with E-state index in [0.717, 1.165) is 67.2 Å². The number of anilines is 1. The van der Waals surface area contributed by atoms with Crippen LogP contribution < -0.4 is 15.4 Å². The van der Waals surface area contributed by atoms with Crippen LogP contribution in [0.2, 0.25) is 0 Å². The number of aromatic nitrogens is 2. The quantitative estimate of drug-likeness (QED) is 0.386. The lowest BCUT2D eigenvalue weighted by molar-refractivity contribution is 0.0998. The number of hydrogen-bond acceptors (Lipinski definition) is 6. The summed E-state index contributed by atoms with van der Waals surface area (Å²) in [4.78, 5) is 25.3. The fourth-order valence-corrected chi connectivity index (χ4v) is 5.51. The summed E-state index contributed by atoms with van der Waals surface area (Å²) in [7, 11) is 1.66. The molecule has 0 aliphatic carbocycles. The first-order chi connectivity index (χ1) is 18.2. The minimum Gasteiger partial charge on any atom is -0.497 e. The molecule has 0 radical (unpaired) electrons. The summed E-state index contributed by atoms with van der Waals surface area (Å²) in [6.07, 6.45) is 3.86. The maximum atomic E-state index is 13.8. The maximum Gasteiger partial charge on any atom is 0.250 e. The molecule has 1 fully saturated rings. The van der Waals surface area contributed by atoms with Crippen LogP contribution >= 0.6 is 0 Å². The van der Waals surface area contributed by atoms with Crippen molar-refractivity contribution in [3.63, 3.8) is 0 Å². The summed E-state index contributed by atoms with van der Waals surface area (Å²) in [6.45, 7) is 8.56. The minimum absolute atomic E-state index is 0.324. The van der Waals surface area contributed by atoms with Gasteiger partial charge in [-0.3, -0.25) is 9.78 Å². The number of likely N-dealkylation sites (tertiary alicyclic amines) is 1. The number of halogens is 1. The number of amides is 1. The molecular weight excluding hydrogens is 481 g/mol. The molecule has 2 N–H and O–H groups in total. The fraction of sp³-hybridized carbons (Fsp3) is 0.433. The summed E-state index contributed by atoms with van der Waals surface area (Å²) in [5.41, 5.74) is 10.4. The number of benzene rings is 1. The van der Waals surface area contributed by atoms with Gasteiger partial charge in [-0.25, -0.2) is 4.98 Å². The van der Waals surface area contributed by atoms with Crippen molar-refractivity contribution in [3.05, 3.63) is 82.7 Å². The highest BCUT2D eigenvalue weighted by atomic mass is 19.1. The molecule has 1 atom stereocenters. The zero-order valence-corrected chi connectivity index (χ0v) is 22.8. The number of pyridine rings is 2. The van der Waals surface area contributed by atoms with Gasteiger partial charge in [-0.1, -0.05) is 6.07 Å². The van der Waals surface area contributed by atoms with Crippen LogP contribution in [0.1, 0.15) is 59.2 Å². The Balaban J connectivity index is 1.39. The van der Waals surface area contributed by atoms with E-state index in [1.807, 2.05) is 38.1 Å². The van der Waals surface area contributed by atoms with E-state index in [-0.39, 0.29) is 0 Å². The molecule has 1 aliphatic heterocycles. The second kappa shape index (κ2) is 12.3. The number of nitrogens with zero attached hydrogens (tertiary/aromatic N) is 4. The second-order valence-corrected chi connectivity index (χ2v) is 10.2. The first-order valence-corrected chi connectivity index (χ1v) is 13.3. The third kappa shape index (κ3) is 6.67. The predicted octanol–water partition coefficient (Wildman–Crippen LogP) is 4.83. The molecule has 8 heteroatoms. The Hall–Kier alpha value is -3.52. The molecule has 38 heavy (non-hydrogen) atoms. The van der Waals surface area contributed by atoms with Gasteiger partial charge in [-0.05, 0) is 94.5 Å². The number of hydrogen-bond donors (Lipinski definition) is 1. The van der Waals surface area contributed by atoms with Crippen molar-refractivity contribution in [1.82, 2.24) is 14.9 Å². The Labute approximate surface area is 224 Å². The molecule has 0 saturated carbocycles. The van der Waals surface area contributed by atoms with E-state index in [2.05, 4.69) is 38.8 Å². The zero-order valence-electron chi connectivity index (χ0n) is 22.8. The molecule has 3 aromatic rings. The van der Waals surface area contributed by atoms with Crippen LogP contribution in [-0.2, 0) is 13.0 Å². The van der Waals surface area contributed by atoms with Gasteiger partial charge in [0.2, 0.25) is 5.95 Å². The van der Waals surface area contributed by atoms with E-state index in [1.165, 1.54) is 6.07 Å². The molecule has 7 nitrogen and oxygen atoms in total. The van der Waals surface area contributed by atoms with Crippen molar-refractivity contribution in [2.45, 2.75) is 65.1 Å². The molecule has 1 aliphatic rings. The normalized spacial score (nSPS) is 15.3. The first-order valence-electron chi connectivity index (χ1n) is 13.3. The Kier molecular flexibility index (Phi) is 8.94. The Morgan fingerprint density at radius 1 is 1.13 bits per heavy atom. The predicted molar refractivity (Wildman–Crippen MR) is 148 cm³/mol. The van der Waals surface area contributed by atoms with Crippen molar-refractivity contribution in [2.75, 3.05) is 25.1 Å². The number of carbonyl (C=O) groups is 1. The third-order valence-electron chi connectivity index (χ3n) is 7.59. The molecule has 202 valence electrons. The average molecular weight is 520 g/mol. The van der Waals surface area contributed by atoms with Gasteiger partial charge < -0.3 is 20.3 Å². The average Bonchev–Trinajstić information content (AvgIpc) is 2.90. The van der Waals surface area contributed by atoms with Gasteiger partial charge >= 0.3 is 0 Å². The number of nitrogens with two attached hydrogens (primary N) is 1. The summed E-state index contributed by atoms with van der Waals surface area (Å²) in [6, 6.07) is 15.8.